The van der Waals surface area contributed by atoms with Crippen molar-refractivity contribution < 1.29 is 9.13 Å². The third-order valence-electron chi connectivity index (χ3n) is 5.03. The number of rotatable bonds is 4. The van der Waals surface area contributed by atoms with Crippen LogP contribution in [0.2, 0.25) is 0 Å². The first-order chi connectivity index (χ1) is 12.0. The monoisotopic (exact) mass is 344 g/mol. The maximum absolute atomic E-state index is 14.6. The van der Waals surface area contributed by atoms with Crippen LogP contribution in [0.1, 0.15) is 33.1 Å². The molecule has 25 heavy (non-hydrogen) atoms. The number of hydrogen-bond donors (Lipinski definition) is 0. The Morgan fingerprint density at radius 3 is 2.80 bits per heavy atom. The highest BCUT2D eigenvalue weighted by molar-refractivity contribution is 5.64. The third-order valence-corrected chi connectivity index (χ3v) is 5.03. The lowest BCUT2D eigenvalue weighted by Crippen LogP contribution is -2.53. The van der Waals surface area contributed by atoms with Crippen molar-refractivity contribution >= 4 is 5.69 Å². The van der Waals surface area contributed by atoms with Gasteiger partial charge in [-0.2, -0.15) is 0 Å². The number of benzene rings is 1. The molecule has 1 aromatic carbocycles. The Morgan fingerprint density at radius 1 is 1.28 bits per heavy atom. The molecule has 2 aliphatic rings. The van der Waals surface area contributed by atoms with E-state index in [1.165, 1.54) is 6.42 Å². The van der Waals surface area contributed by atoms with E-state index in [1.54, 1.807) is 16.8 Å². The van der Waals surface area contributed by atoms with E-state index in [0.29, 0.717) is 23.2 Å². The predicted molar refractivity (Wildman–Crippen MR) is 95.0 cm³/mol. The van der Waals surface area contributed by atoms with E-state index in [9.17, 15) is 4.39 Å². The lowest BCUT2D eigenvalue weighted by molar-refractivity contribution is 0.00370. The van der Waals surface area contributed by atoms with Crippen LogP contribution >= 0.6 is 0 Å². The van der Waals surface area contributed by atoms with Crippen molar-refractivity contribution in [2.45, 2.75) is 45.8 Å². The molecular formula is C19H25FN4O. The summed E-state index contributed by atoms with van der Waals surface area (Å²) in [4.78, 5) is 2.20. The first kappa shape index (κ1) is 16.5. The second-order valence-corrected chi connectivity index (χ2v) is 8.00. The minimum Gasteiger partial charge on any atom is -0.376 e. The molecule has 0 N–H and O–H groups in total. The molecule has 5 nitrogen and oxygen atoms in total. The molecule has 0 aliphatic carbocycles. The van der Waals surface area contributed by atoms with Crippen molar-refractivity contribution in [1.29, 1.82) is 0 Å². The molecule has 1 unspecified atom stereocenters. The van der Waals surface area contributed by atoms with E-state index in [0.717, 1.165) is 38.2 Å². The Labute approximate surface area is 147 Å². The van der Waals surface area contributed by atoms with E-state index in [-0.39, 0.29) is 11.9 Å². The summed E-state index contributed by atoms with van der Waals surface area (Å²) in [5.41, 5.74) is 2.32. The number of hydrogen-bond acceptors (Lipinski definition) is 4. The van der Waals surface area contributed by atoms with Crippen molar-refractivity contribution in [1.82, 2.24) is 15.0 Å². The van der Waals surface area contributed by atoms with Crippen molar-refractivity contribution in [3.63, 3.8) is 0 Å². The number of aromatic nitrogens is 3. The maximum Gasteiger partial charge on any atom is 0.134 e. The third kappa shape index (κ3) is 3.54. The minimum absolute atomic E-state index is 0.185. The number of halogens is 1. The second kappa shape index (κ2) is 6.41. The van der Waals surface area contributed by atoms with E-state index in [1.807, 2.05) is 12.3 Å². The average Bonchev–Trinajstić information content (AvgIpc) is 3.01. The van der Waals surface area contributed by atoms with E-state index < -0.39 is 0 Å². The summed E-state index contributed by atoms with van der Waals surface area (Å²) in [7, 11) is 0. The molecule has 2 fully saturated rings. The van der Waals surface area contributed by atoms with Gasteiger partial charge < -0.3 is 9.64 Å². The summed E-state index contributed by atoms with van der Waals surface area (Å²) in [5.74, 6) is -0.247. The summed E-state index contributed by atoms with van der Waals surface area (Å²) in [6, 6.07) is 5.38. The van der Waals surface area contributed by atoms with E-state index in [4.69, 9.17) is 4.74 Å². The lowest BCUT2D eigenvalue weighted by atomic mass is 9.84. The van der Waals surface area contributed by atoms with Crippen LogP contribution in [0.3, 0.4) is 0 Å². The van der Waals surface area contributed by atoms with Crippen LogP contribution in [0.4, 0.5) is 10.1 Å². The van der Waals surface area contributed by atoms with Crippen molar-refractivity contribution in [2.75, 3.05) is 24.6 Å². The Balaban J connectivity index is 1.46. The molecule has 2 saturated heterocycles. The van der Waals surface area contributed by atoms with Gasteiger partial charge in [-0.15, -0.1) is 5.10 Å². The summed E-state index contributed by atoms with van der Waals surface area (Å²) in [5, 5.41) is 8.29. The van der Waals surface area contributed by atoms with Gasteiger partial charge in [-0.05, 0) is 42.9 Å². The highest BCUT2D eigenvalue weighted by Crippen LogP contribution is 2.35. The SMILES string of the molecule is CC1(C)CN(c2ccc(-c3cn(CC4CCCCO4)nn3)c(F)c2)C1. The largest absolute Gasteiger partial charge is 0.376 e. The second-order valence-electron chi connectivity index (χ2n) is 8.00. The van der Waals surface area contributed by atoms with Gasteiger partial charge in [0.25, 0.3) is 0 Å². The molecule has 0 saturated carbocycles. The van der Waals surface area contributed by atoms with Gasteiger partial charge in [-0.1, -0.05) is 19.1 Å². The molecule has 0 radical (unpaired) electrons. The van der Waals surface area contributed by atoms with Gasteiger partial charge >= 0.3 is 0 Å². The lowest BCUT2D eigenvalue weighted by Gasteiger charge is -2.47. The Hall–Kier alpha value is -1.95. The molecule has 134 valence electrons. The molecule has 6 heteroatoms. The Morgan fingerprint density at radius 2 is 2.12 bits per heavy atom. The molecule has 0 bridgehead atoms. The van der Waals surface area contributed by atoms with Gasteiger partial charge in [0.1, 0.15) is 11.5 Å². The molecule has 0 spiro atoms. The zero-order valence-corrected chi connectivity index (χ0v) is 14.9. The number of nitrogens with zero attached hydrogens (tertiary/aromatic N) is 4. The van der Waals surface area contributed by atoms with Crippen molar-refractivity contribution in [3.05, 3.63) is 30.2 Å². The first-order valence-corrected chi connectivity index (χ1v) is 9.07. The summed E-state index contributed by atoms with van der Waals surface area (Å²) < 4.78 is 22.1. The van der Waals surface area contributed by atoms with E-state index >= 15 is 0 Å². The summed E-state index contributed by atoms with van der Waals surface area (Å²) in [6.07, 6.45) is 5.36. The first-order valence-electron chi connectivity index (χ1n) is 9.07. The Bertz CT molecular complexity index is 744. The number of ether oxygens (including phenoxy) is 1. The molecule has 0 amide bonds. The molecule has 1 atom stereocenters. The molecular weight excluding hydrogens is 319 g/mol. The van der Waals surface area contributed by atoms with Gasteiger partial charge in [0.05, 0.1) is 18.8 Å². The molecule has 1 aromatic heterocycles. The highest BCUT2D eigenvalue weighted by atomic mass is 19.1. The van der Waals surface area contributed by atoms with Crippen LogP contribution in [0.15, 0.2) is 24.4 Å². The van der Waals surface area contributed by atoms with Crippen LogP contribution in [0.25, 0.3) is 11.3 Å². The van der Waals surface area contributed by atoms with Crippen LogP contribution in [0, 0.1) is 11.2 Å². The zero-order valence-electron chi connectivity index (χ0n) is 14.9. The normalized spacial score (nSPS) is 22.7. The Kier molecular flexibility index (Phi) is 4.23. The fraction of sp³-hybridized carbons (Fsp3) is 0.579. The maximum atomic E-state index is 14.6. The fourth-order valence-corrected chi connectivity index (χ4v) is 3.75. The van der Waals surface area contributed by atoms with Gasteiger partial charge in [0.15, 0.2) is 0 Å². The fourth-order valence-electron chi connectivity index (χ4n) is 3.75. The van der Waals surface area contributed by atoms with Crippen molar-refractivity contribution in [2.24, 2.45) is 5.41 Å². The minimum atomic E-state index is -0.247. The van der Waals surface area contributed by atoms with Crippen LogP contribution in [0.5, 0.6) is 0 Å². The van der Waals surface area contributed by atoms with Gasteiger partial charge in [-0.3, -0.25) is 0 Å². The molecule has 4 rings (SSSR count). The van der Waals surface area contributed by atoms with Crippen LogP contribution in [-0.2, 0) is 11.3 Å². The molecule has 2 aromatic rings. The van der Waals surface area contributed by atoms with Crippen LogP contribution in [-0.4, -0.2) is 40.8 Å². The van der Waals surface area contributed by atoms with Crippen molar-refractivity contribution in [3.8, 4) is 11.3 Å². The highest BCUT2D eigenvalue weighted by Gasteiger charge is 2.34. The topological polar surface area (TPSA) is 43.2 Å². The van der Waals surface area contributed by atoms with E-state index in [2.05, 4.69) is 29.1 Å². The standard InChI is InChI=1S/C19H25FN4O/c1-19(2)12-23(13-19)14-6-7-16(17(20)9-14)18-11-24(22-21-18)10-15-5-3-4-8-25-15/h6-7,9,11,15H,3-5,8,10,12-13H2,1-2H3. The zero-order chi connectivity index (χ0) is 17.4. The van der Waals surface area contributed by atoms with Gasteiger partial charge in [0.2, 0.25) is 0 Å². The quantitative estimate of drug-likeness (QED) is 0.851. The average molecular weight is 344 g/mol. The molecule has 2 aliphatic heterocycles. The smallest absolute Gasteiger partial charge is 0.134 e. The molecule has 3 heterocycles. The summed E-state index contributed by atoms with van der Waals surface area (Å²) >= 11 is 0. The van der Waals surface area contributed by atoms with Gasteiger partial charge in [0, 0.05) is 30.9 Å². The number of anilines is 1. The van der Waals surface area contributed by atoms with Crippen LogP contribution < -0.4 is 4.90 Å². The summed E-state index contributed by atoms with van der Waals surface area (Å²) in [6.45, 7) is 7.86. The van der Waals surface area contributed by atoms with Gasteiger partial charge in [-0.25, -0.2) is 9.07 Å². The predicted octanol–water partition coefficient (Wildman–Crippen LogP) is 3.50.